The van der Waals surface area contributed by atoms with Crippen LogP contribution in [0.4, 0.5) is 17.1 Å². The molecule has 0 unspecified atom stereocenters. The summed E-state index contributed by atoms with van der Waals surface area (Å²) >= 11 is 0. The predicted octanol–water partition coefficient (Wildman–Crippen LogP) is 17.8. The summed E-state index contributed by atoms with van der Waals surface area (Å²) in [5, 5.41) is 9.98. The van der Waals surface area contributed by atoms with Gasteiger partial charge in [-0.05, 0) is 121 Å². The summed E-state index contributed by atoms with van der Waals surface area (Å²) in [5.74, 6) is 0. The lowest BCUT2D eigenvalue weighted by molar-refractivity contribution is 1.20. The van der Waals surface area contributed by atoms with Gasteiger partial charge in [-0.2, -0.15) is 0 Å². The summed E-state index contributed by atoms with van der Waals surface area (Å²) in [6, 6.07) is 93.3. The number of fused-ring (bicyclic) bond motifs is 3. The van der Waals surface area contributed by atoms with E-state index in [1.54, 1.807) is 0 Å². The molecule has 0 spiro atoms. The maximum atomic E-state index is 2.47. The second-order valence-corrected chi connectivity index (χ2v) is 17.3. The van der Waals surface area contributed by atoms with E-state index in [1.807, 2.05) is 0 Å². The van der Waals surface area contributed by atoms with Crippen LogP contribution in [0.5, 0.6) is 0 Å². The van der Waals surface area contributed by atoms with E-state index in [9.17, 15) is 0 Å². The molecule has 0 N–H and O–H groups in total. The van der Waals surface area contributed by atoms with Crippen LogP contribution in [0.1, 0.15) is 0 Å². The van der Waals surface area contributed by atoms with Gasteiger partial charge in [0.05, 0.1) is 22.4 Å². The summed E-state index contributed by atoms with van der Waals surface area (Å²) in [6.45, 7) is 0. The minimum absolute atomic E-state index is 1.09. The first-order chi connectivity index (χ1) is 32.7. The monoisotopic (exact) mass is 838 g/mol. The third kappa shape index (κ3) is 6.26. The number of hydrogen-bond donors (Lipinski definition) is 0. The number of rotatable bonds is 8. The van der Waals surface area contributed by atoms with E-state index in [0.717, 1.165) is 17.1 Å². The van der Waals surface area contributed by atoms with Crippen LogP contribution in [-0.2, 0) is 0 Å². The van der Waals surface area contributed by atoms with E-state index in [-0.39, 0.29) is 0 Å². The molecule has 1 heterocycles. The van der Waals surface area contributed by atoms with E-state index in [2.05, 4.69) is 264 Å². The van der Waals surface area contributed by atoms with Crippen molar-refractivity contribution >= 4 is 71.2 Å². The molecule has 2 heteroatoms. The minimum Gasteiger partial charge on any atom is -0.310 e. The quantitative estimate of drug-likeness (QED) is 0.138. The molecule has 13 aromatic rings. The maximum Gasteiger partial charge on any atom is 0.0541 e. The molecule has 0 aliphatic heterocycles. The van der Waals surface area contributed by atoms with E-state index in [0.29, 0.717) is 0 Å². The molecular weight excluding hydrogens is 797 g/mol. The Balaban J connectivity index is 1.03. The van der Waals surface area contributed by atoms with Crippen molar-refractivity contribution in [2.45, 2.75) is 0 Å². The fourth-order valence-corrected chi connectivity index (χ4v) is 10.4. The summed E-state index contributed by atoms with van der Waals surface area (Å²) in [7, 11) is 0. The fraction of sp³-hybridized carbons (Fsp3) is 0. The molecule has 0 aliphatic rings. The second kappa shape index (κ2) is 15.5. The molecule has 0 atom stereocenters. The van der Waals surface area contributed by atoms with E-state index < -0.39 is 0 Å². The van der Waals surface area contributed by atoms with Crippen molar-refractivity contribution in [1.82, 2.24) is 4.57 Å². The predicted molar refractivity (Wildman–Crippen MR) is 281 cm³/mol. The fourth-order valence-electron chi connectivity index (χ4n) is 10.4. The third-order valence-electron chi connectivity index (χ3n) is 13.5. The lowest BCUT2D eigenvalue weighted by atomic mass is 9.91. The van der Waals surface area contributed by atoms with Crippen LogP contribution in [0.15, 0.2) is 255 Å². The molecule has 0 aliphatic carbocycles. The molecule has 0 bridgehead atoms. The maximum absolute atomic E-state index is 2.47. The summed E-state index contributed by atoms with van der Waals surface area (Å²) < 4.78 is 2.46. The zero-order chi connectivity index (χ0) is 43.6. The highest BCUT2D eigenvalue weighted by molar-refractivity contribution is 6.27. The molecule has 0 saturated heterocycles. The minimum atomic E-state index is 1.09. The summed E-state index contributed by atoms with van der Waals surface area (Å²) in [6.07, 6.45) is 0. The van der Waals surface area contributed by atoms with Gasteiger partial charge >= 0.3 is 0 Å². The van der Waals surface area contributed by atoms with E-state index in [4.69, 9.17) is 0 Å². The first kappa shape index (κ1) is 37.8. The Hall–Kier alpha value is -8.72. The molecule has 12 aromatic carbocycles. The molecule has 2 nitrogen and oxygen atoms in total. The van der Waals surface area contributed by atoms with Gasteiger partial charge in [0, 0.05) is 32.9 Å². The van der Waals surface area contributed by atoms with Crippen molar-refractivity contribution in [3.8, 4) is 50.2 Å². The molecule has 0 saturated carbocycles. The van der Waals surface area contributed by atoms with Crippen LogP contribution >= 0.6 is 0 Å². The van der Waals surface area contributed by atoms with Crippen molar-refractivity contribution in [3.05, 3.63) is 255 Å². The normalized spacial score (nSPS) is 11.6. The first-order valence-corrected chi connectivity index (χ1v) is 22.7. The van der Waals surface area contributed by atoms with Crippen LogP contribution in [0.25, 0.3) is 104 Å². The molecule has 308 valence electrons. The molecule has 0 amide bonds. The van der Waals surface area contributed by atoms with Gasteiger partial charge in [-0.1, -0.05) is 200 Å². The van der Waals surface area contributed by atoms with Gasteiger partial charge in [-0.25, -0.2) is 0 Å². The van der Waals surface area contributed by atoms with Gasteiger partial charge in [0.1, 0.15) is 0 Å². The van der Waals surface area contributed by atoms with Crippen LogP contribution in [0.3, 0.4) is 0 Å². The molecular formula is C64H42N2. The highest BCUT2D eigenvalue weighted by atomic mass is 15.1. The largest absolute Gasteiger partial charge is 0.310 e. The van der Waals surface area contributed by atoms with Gasteiger partial charge in [-0.3, -0.25) is 0 Å². The van der Waals surface area contributed by atoms with Crippen molar-refractivity contribution in [2.24, 2.45) is 0 Å². The molecule has 1 aromatic heterocycles. The summed E-state index contributed by atoms with van der Waals surface area (Å²) in [4.78, 5) is 2.47. The number of benzene rings is 12. The lowest BCUT2D eigenvalue weighted by Crippen LogP contribution is -2.11. The van der Waals surface area contributed by atoms with Gasteiger partial charge < -0.3 is 9.47 Å². The standard InChI is InChI=1S/C64H42N2/c1-4-14-43(15-5-1)46-24-26-47(27-25-46)48-28-34-53(35-29-48)65(54-41-51(44-16-6-2-7-17-44)40-52(42-54)45-18-8-3-9-19-45)61-38-32-49-31-37-58-62(39-33-50-30-36-57(61)63(49)64(50)58)66-59-22-12-10-20-55(59)56-21-11-13-23-60(56)66/h1-42H. The SMILES string of the molecule is c1ccc(-c2ccc(-c3ccc(N(c4cc(-c5ccccc5)cc(-c5ccccc5)c4)c4ccc5ccc6c(-n7c8ccccc8c8ccccc87)ccc7ccc4c5c76)cc3)cc2)cc1. The Morgan fingerprint density at radius 2 is 0.667 bits per heavy atom. The second-order valence-electron chi connectivity index (χ2n) is 17.3. The highest BCUT2D eigenvalue weighted by Gasteiger charge is 2.22. The number of nitrogens with zero attached hydrogens (tertiary/aromatic N) is 2. The van der Waals surface area contributed by atoms with E-state index >= 15 is 0 Å². The Labute approximate surface area is 383 Å². The first-order valence-electron chi connectivity index (χ1n) is 22.7. The van der Waals surface area contributed by atoms with Gasteiger partial charge in [0.25, 0.3) is 0 Å². The van der Waals surface area contributed by atoms with Gasteiger partial charge in [-0.15, -0.1) is 0 Å². The Morgan fingerprint density at radius 1 is 0.258 bits per heavy atom. The number of anilines is 3. The van der Waals surface area contributed by atoms with Crippen molar-refractivity contribution in [1.29, 1.82) is 0 Å². The van der Waals surface area contributed by atoms with Crippen LogP contribution in [0, 0.1) is 0 Å². The Bertz CT molecular complexity index is 3780. The van der Waals surface area contributed by atoms with Crippen LogP contribution in [-0.4, -0.2) is 4.57 Å². The van der Waals surface area contributed by atoms with Gasteiger partial charge in [0.15, 0.2) is 0 Å². The number of aromatic nitrogens is 1. The number of para-hydroxylation sites is 2. The number of hydrogen-bond acceptors (Lipinski definition) is 1. The highest BCUT2D eigenvalue weighted by Crippen LogP contribution is 2.47. The van der Waals surface area contributed by atoms with Crippen molar-refractivity contribution < 1.29 is 0 Å². The van der Waals surface area contributed by atoms with Crippen LogP contribution < -0.4 is 4.90 Å². The zero-order valence-electron chi connectivity index (χ0n) is 36.1. The smallest absolute Gasteiger partial charge is 0.0541 e. The molecule has 66 heavy (non-hydrogen) atoms. The third-order valence-corrected chi connectivity index (χ3v) is 13.5. The van der Waals surface area contributed by atoms with Gasteiger partial charge in [0.2, 0.25) is 0 Å². The van der Waals surface area contributed by atoms with Crippen molar-refractivity contribution in [3.63, 3.8) is 0 Å². The zero-order valence-corrected chi connectivity index (χ0v) is 36.1. The average Bonchev–Trinajstić information content (AvgIpc) is 3.73. The summed E-state index contributed by atoms with van der Waals surface area (Å²) in [5.41, 5.74) is 16.4. The van der Waals surface area contributed by atoms with E-state index in [1.165, 1.54) is 104 Å². The molecule has 13 rings (SSSR count). The average molecular weight is 839 g/mol. The van der Waals surface area contributed by atoms with Crippen molar-refractivity contribution in [2.75, 3.05) is 4.90 Å². The lowest BCUT2D eigenvalue weighted by Gasteiger charge is -2.29. The Morgan fingerprint density at radius 3 is 1.21 bits per heavy atom. The molecule has 0 radical (unpaired) electrons. The van der Waals surface area contributed by atoms with Crippen LogP contribution in [0.2, 0.25) is 0 Å². The molecule has 0 fully saturated rings. The topological polar surface area (TPSA) is 8.17 Å². The Kier molecular flexibility index (Phi) is 8.89.